The molecule has 4 rings (SSSR count). The third kappa shape index (κ3) is 1.94. The number of aromatic nitrogens is 1. The number of nitrogens with zero attached hydrogens (tertiary/aromatic N) is 1. The van der Waals surface area contributed by atoms with Crippen molar-refractivity contribution in [1.29, 1.82) is 5.26 Å². The van der Waals surface area contributed by atoms with Crippen molar-refractivity contribution in [3.63, 3.8) is 0 Å². The topological polar surface area (TPSA) is 91.9 Å². The Balaban J connectivity index is 2.11. The molecule has 6 heteroatoms. The van der Waals surface area contributed by atoms with Crippen LogP contribution in [0.4, 0.5) is 0 Å². The number of nitrogens with one attached hydrogen (secondary N) is 1. The van der Waals surface area contributed by atoms with Crippen LogP contribution in [-0.2, 0) is 0 Å². The SMILES string of the molecule is N#CC1=C(N)Oc2c(c(=O)[nH]c3ccccc23)C1c1cccs1. The number of thiophene rings is 1. The lowest BCUT2D eigenvalue weighted by Gasteiger charge is -2.25. The maximum absolute atomic E-state index is 12.6. The summed E-state index contributed by atoms with van der Waals surface area (Å²) in [5.41, 5.74) is 7.07. The van der Waals surface area contributed by atoms with E-state index in [0.717, 1.165) is 10.3 Å². The molecule has 0 amide bonds. The molecule has 3 heterocycles. The molecule has 5 nitrogen and oxygen atoms in total. The number of hydrogen-bond acceptors (Lipinski definition) is 5. The maximum Gasteiger partial charge on any atom is 0.256 e. The molecule has 0 bridgehead atoms. The fourth-order valence-electron chi connectivity index (χ4n) is 2.91. The first-order valence-corrected chi connectivity index (χ1v) is 7.84. The molecule has 0 fully saturated rings. The molecule has 23 heavy (non-hydrogen) atoms. The first-order chi connectivity index (χ1) is 11.2. The number of ether oxygens (including phenoxy) is 1. The van der Waals surface area contributed by atoms with Crippen LogP contribution < -0.4 is 16.0 Å². The third-order valence-electron chi connectivity index (χ3n) is 3.91. The van der Waals surface area contributed by atoms with E-state index in [9.17, 15) is 10.1 Å². The average Bonchev–Trinajstić information content (AvgIpc) is 3.08. The van der Waals surface area contributed by atoms with Gasteiger partial charge in [-0.3, -0.25) is 4.79 Å². The smallest absolute Gasteiger partial charge is 0.256 e. The van der Waals surface area contributed by atoms with E-state index < -0.39 is 5.92 Å². The largest absolute Gasteiger partial charge is 0.439 e. The number of para-hydroxylation sites is 1. The van der Waals surface area contributed by atoms with E-state index in [1.165, 1.54) is 11.3 Å². The van der Waals surface area contributed by atoms with Crippen LogP contribution >= 0.6 is 11.3 Å². The van der Waals surface area contributed by atoms with Gasteiger partial charge in [0, 0.05) is 10.3 Å². The Bertz CT molecular complexity index is 1040. The summed E-state index contributed by atoms with van der Waals surface area (Å²) in [6.07, 6.45) is 0. The predicted octanol–water partition coefficient (Wildman–Crippen LogP) is 2.81. The second-order valence-corrected chi connectivity index (χ2v) is 6.16. The van der Waals surface area contributed by atoms with Crippen LogP contribution in [0.5, 0.6) is 5.75 Å². The third-order valence-corrected chi connectivity index (χ3v) is 4.85. The first-order valence-electron chi connectivity index (χ1n) is 6.96. The van der Waals surface area contributed by atoms with Crippen LogP contribution in [0, 0.1) is 11.3 Å². The van der Waals surface area contributed by atoms with Gasteiger partial charge in [-0.25, -0.2) is 0 Å². The second kappa shape index (κ2) is 5.00. The molecule has 1 aromatic carbocycles. The van der Waals surface area contributed by atoms with Gasteiger partial charge >= 0.3 is 0 Å². The minimum atomic E-state index is -0.503. The Hall–Kier alpha value is -3.04. The summed E-state index contributed by atoms with van der Waals surface area (Å²) in [4.78, 5) is 16.4. The Morgan fingerprint density at radius 2 is 2.09 bits per heavy atom. The highest BCUT2D eigenvalue weighted by molar-refractivity contribution is 7.10. The Morgan fingerprint density at radius 1 is 1.26 bits per heavy atom. The summed E-state index contributed by atoms with van der Waals surface area (Å²) >= 11 is 1.48. The van der Waals surface area contributed by atoms with Crippen molar-refractivity contribution < 1.29 is 4.74 Å². The van der Waals surface area contributed by atoms with Crippen molar-refractivity contribution >= 4 is 22.2 Å². The summed E-state index contributed by atoms with van der Waals surface area (Å²) in [5.74, 6) is -0.0227. The molecule has 0 aliphatic carbocycles. The first kappa shape index (κ1) is 13.6. The van der Waals surface area contributed by atoms with E-state index in [1.807, 2.05) is 35.7 Å². The Morgan fingerprint density at radius 3 is 2.83 bits per heavy atom. The molecule has 1 aliphatic heterocycles. The average molecular weight is 321 g/mol. The van der Waals surface area contributed by atoms with E-state index in [4.69, 9.17) is 10.5 Å². The van der Waals surface area contributed by atoms with Crippen LogP contribution in [0.3, 0.4) is 0 Å². The molecule has 0 spiro atoms. The maximum atomic E-state index is 12.6. The summed E-state index contributed by atoms with van der Waals surface area (Å²) in [5, 5.41) is 12.2. The number of fused-ring (bicyclic) bond motifs is 3. The van der Waals surface area contributed by atoms with E-state index in [2.05, 4.69) is 11.1 Å². The minimum Gasteiger partial charge on any atom is -0.439 e. The standard InChI is InChI=1S/C17H11N3O2S/c18-8-10-13(12-6-3-7-23-12)14-15(22-16(10)19)9-4-1-2-5-11(9)20-17(14)21/h1-7,13H,19H2,(H,20,21). The summed E-state index contributed by atoms with van der Waals surface area (Å²) < 4.78 is 5.68. The zero-order valence-electron chi connectivity index (χ0n) is 11.9. The van der Waals surface area contributed by atoms with Crippen LogP contribution in [0.15, 0.2) is 58.0 Å². The van der Waals surface area contributed by atoms with E-state index in [1.54, 1.807) is 6.07 Å². The predicted molar refractivity (Wildman–Crippen MR) is 88.2 cm³/mol. The van der Waals surface area contributed by atoms with Gasteiger partial charge in [-0.1, -0.05) is 18.2 Å². The van der Waals surface area contributed by atoms with Gasteiger partial charge in [0.05, 0.1) is 17.0 Å². The zero-order valence-corrected chi connectivity index (χ0v) is 12.7. The van der Waals surface area contributed by atoms with E-state index in [-0.39, 0.29) is 17.0 Å². The van der Waals surface area contributed by atoms with E-state index >= 15 is 0 Å². The van der Waals surface area contributed by atoms with Gasteiger partial charge in [0.1, 0.15) is 17.4 Å². The van der Waals surface area contributed by atoms with Gasteiger partial charge in [-0.2, -0.15) is 5.26 Å². The number of hydrogen-bond donors (Lipinski definition) is 2. The normalized spacial score (nSPS) is 16.7. The number of nitriles is 1. The Labute approximate surface area is 135 Å². The molecule has 112 valence electrons. The number of aromatic amines is 1. The van der Waals surface area contributed by atoms with Crippen molar-refractivity contribution in [3.8, 4) is 11.8 Å². The van der Waals surface area contributed by atoms with Crippen molar-refractivity contribution in [1.82, 2.24) is 4.98 Å². The molecule has 2 aromatic heterocycles. The molecular weight excluding hydrogens is 310 g/mol. The summed E-state index contributed by atoms with van der Waals surface area (Å²) in [6, 6.07) is 13.2. The van der Waals surface area contributed by atoms with Crippen LogP contribution in [-0.4, -0.2) is 4.98 Å². The molecule has 0 saturated heterocycles. The lowest BCUT2D eigenvalue weighted by atomic mass is 9.88. The van der Waals surface area contributed by atoms with Gasteiger partial charge in [0.25, 0.3) is 5.56 Å². The molecular formula is C17H11N3O2S. The zero-order chi connectivity index (χ0) is 16.0. The van der Waals surface area contributed by atoms with Gasteiger partial charge in [0.2, 0.25) is 5.88 Å². The fraction of sp³-hybridized carbons (Fsp3) is 0.0588. The van der Waals surface area contributed by atoms with Gasteiger partial charge in [0.15, 0.2) is 0 Å². The molecule has 1 aliphatic rings. The number of rotatable bonds is 1. The van der Waals surface area contributed by atoms with Crippen molar-refractivity contribution in [3.05, 3.63) is 74.0 Å². The summed E-state index contributed by atoms with van der Waals surface area (Å²) in [6.45, 7) is 0. The molecule has 0 saturated carbocycles. The number of nitrogens with two attached hydrogens (primary N) is 1. The van der Waals surface area contributed by atoms with Crippen molar-refractivity contribution in [2.45, 2.75) is 5.92 Å². The quantitative estimate of drug-likeness (QED) is 0.721. The molecule has 3 N–H and O–H groups in total. The van der Waals surface area contributed by atoms with Gasteiger partial charge < -0.3 is 15.5 Å². The molecule has 1 unspecified atom stereocenters. The highest BCUT2D eigenvalue weighted by Crippen LogP contribution is 2.43. The van der Waals surface area contributed by atoms with Crippen LogP contribution in [0.2, 0.25) is 0 Å². The highest BCUT2D eigenvalue weighted by atomic mass is 32.1. The number of H-pyrrole nitrogens is 1. The van der Waals surface area contributed by atoms with Crippen LogP contribution in [0.25, 0.3) is 10.9 Å². The van der Waals surface area contributed by atoms with Gasteiger partial charge in [-0.15, -0.1) is 11.3 Å². The number of allylic oxidation sites excluding steroid dienone is 1. The lowest BCUT2D eigenvalue weighted by molar-refractivity contribution is 0.397. The van der Waals surface area contributed by atoms with E-state index in [0.29, 0.717) is 16.8 Å². The lowest BCUT2D eigenvalue weighted by Crippen LogP contribution is -2.27. The minimum absolute atomic E-state index is 0.0501. The highest BCUT2D eigenvalue weighted by Gasteiger charge is 2.34. The van der Waals surface area contributed by atoms with Crippen molar-refractivity contribution in [2.75, 3.05) is 0 Å². The fourth-order valence-corrected chi connectivity index (χ4v) is 3.75. The second-order valence-electron chi connectivity index (χ2n) is 5.18. The Kier molecular flexibility index (Phi) is 2.96. The monoisotopic (exact) mass is 321 g/mol. The number of benzene rings is 1. The number of pyridine rings is 1. The molecule has 0 radical (unpaired) electrons. The molecule has 3 aromatic rings. The summed E-state index contributed by atoms with van der Waals surface area (Å²) in [7, 11) is 0. The van der Waals surface area contributed by atoms with Gasteiger partial charge in [-0.05, 0) is 23.6 Å². The van der Waals surface area contributed by atoms with Crippen molar-refractivity contribution in [2.24, 2.45) is 5.73 Å². The van der Waals surface area contributed by atoms with Crippen LogP contribution in [0.1, 0.15) is 16.4 Å². The molecule has 1 atom stereocenters.